The van der Waals surface area contributed by atoms with Crippen molar-refractivity contribution >= 4 is 29.9 Å². The molecule has 1 unspecified atom stereocenters. The van der Waals surface area contributed by atoms with Crippen LogP contribution in [-0.4, -0.2) is 42.0 Å². The monoisotopic (exact) mass is 499 g/mol. The molecule has 2 aromatic rings. The van der Waals surface area contributed by atoms with Crippen LogP contribution < -0.4 is 15.4 Å². The van der Waals surface area contributed by atoms with E-state index in [1.165, 1.54) is 11.3 Å². The molecule has 2 rings (SSSR count). The molecular weight excluding hydrogens is 465 g/mol. The molecule has 0 aliphatic heterocycles. The van der Waals surface area contributed by atoms with E-state index in [-0.39, 0.29) is 30.0 Å². The third kappa shape index (κ3) is 7.69. The Balaban J connectivity index is 0.00000392. The predicted octanol–water partition coefficient (Wildman–Crippen LogP) is 3.61. The second-order valence-corrected chi connectivity index (χ2v) is 6.89. The number of aromatic nitrogens is 2. The highest BCUT2D eigenvalue weighted by Crippen LogP contribution is 2.14. The van der Waals surface area contributed by atoms with Crippen LogP contribution in [0.1, 0.15) is 36.7 Å². The van der Waals surface area contributed by atoms with Gasteiger partial charge in [-0.3, -0.25) is 9.67 Å². The Hall–Kier alpha value is -1.77. The lowest BCUT2D eigenvalue weighted by Crippen LogP contribution is -2.43. The average molecular weight is 499 g/mol. The zero-order valence-corrected chi connectivity index (χ0v) is 20.0. The number of nitrogens with one attached hydrogen (secondary N) is 2. The molecule has 1 heterocycles. The molecule has 1 atom stereocenters. The van der Waals surface area contributed by atoms with Crippen molar-refractivity contribution in [3.8, 4) is 5.75 Å². The first-order chi connectivity index (χ1) is 13.0. The number of guanidine groups is 1. The summed E-state index contributed by atoms with van der Waals surface area (Å²) >= 11 is 0. The van der Waals surface area contributed by atoms with E-state index in [1.54, 1.807) is 7.05 Å². The minimum Gasteiger partial charge on any atom is -0.494 e. The molecule has 1 aromatic heterocycles. The molecule has 1 aromatic carbocycles. The molecular formula is C21H34IN5O. The van der Waals surface area contributed by atoms with E-state index in [2.05, 4.69) is 41.5 Å². The van der Waals surface area contributed by atoms with E-state index in [9.17, 15) is 0 Å². The maximum atomic E-state index is 5.71. The van der Waals surface area contributed by atoms with Gasteiger partial charge in [0.2, 0.25) is 0 Å². The molecule has 28 heavy (non-hydrogen) atoms. The first-order valence-electron chi connectivity index (χ1n) is 9.65. The summed E-state index contributed by atoms with van der Waals surface area (Å²) in [6, 6.07) is 10.2. The Labute approximate surface area is 186 Å². The van der Waals surface area contributed by atoms with Gasteiger partial charge >= 0.3 is 0 Å². The van der Waals surface area contributed by atoms with E-state index >= 15 is 0 Å². The highest BCUT2D eigenvalue weighted by molar-refractivity contribution is 14.0. The van der Waals surface area contributed by atoms with Crippen molar-refractivity contribution in [2.45, 2.75) is 46.1 Å². The standard InChI is InChI=1S/C21H33N5O.HI/c1-16(15-20-17(2)25-26(5)18(20)3)24-21(22-4)23-13-9-10-14-27-19-11-7-6-8-12-19;/h6-8,11-12,16H,9-10,13-15H2,1-5H3,(H2,22,23,24);1H. The van der Waals surface area contributed by atoms with Gasteiger partial charge in [-0.15, -0.1) is 24.0 Å². The number of benzene rings is 1. The van der Waals surface area contributed by atoms with Crippen molar-refractivity contribution in [1.29, 1.82) is 0 Å². The lowest BCUT2D eigenvalue weighted by molar-refractivity contribution is 0.307. The van der Waals surface area contributed by atoms with Gasteiger partial charge in [-0.05, 0) is 57.7 Å². The van der Waals surface area contributed by atoms with Gasteiger partial charge in [0, 0.05) is 32.4 Å². The number of hydrogen-bond donors (Lipinski definition) is 2. The van der Waals surface area contributed by atoms with Crippen molar-refractivity contribution in [2.24, 2.45) is 12.0 Å². The molecule has 0 fully saturated rings. The van der Waals surface area contributed by atoms with E-state index in [4.69, 9.17) is 4.74 Å². The molecule has 0 spiro atoms. The summed E-state index contributed by atoms with van der Waals surface area (Å²) in [6.07, 6.45) is 2.96. The van der Waals surface area contributed by atoms with Crippen LogP contribution in [0, 0.1) is 13.8 Å². The van der Waals surface area contributed by atoms with Crippen LogP contribution in [0.3, 0.4) is 0 Å². The summed E-state index contributed by atoms with van der Waals surface area (Å²) in [7, 11) is 3.80. The largest absolute Gasteiger partial charge is 0.494 e. The highest BCUT2D eigenvalue weighted by atomic mass is 127. The summed E-state index contributed by atoms with van der Waals surface area (Å²) < 4.78 is 7.66. The maximum Gasteiger partial charge on any atom is 0.191 e. The lowest BCUT2D eigenvalue weighted by atomic mass is 10.1. The fraction of sp³-hybridized carbons (Fsp3) is 0.524. The van der Waals surface area contributed by atoms with E-state index < -0.39 is 0 Å². The number of para-hydroxylation sites is 1. The summed E-state index contributed by atoms with van der Waals surface area (Å²) in [5, 5.41) is 11.3. The molecule has 0 radical (unpaired) electrons. The fourth-order valence-electron chi connectivity index (χ4n) is 3.04. The van der Waals surface area contributed by atoms with E-state index in [1.807, 2.05) is 42.1 Å². The maximum absolute atomic E-state index is 5.71. The third-order valence-corrected chi connectivity index (χ3v) is 4.65. The van der Waals surface area contributed by atoms with Gasteiger partial charge in [-0.25, -0.2) is 0 Å². The first kappa shape index (κ1) is 24.3. The second-order valence-electron chi connectivity index (χ2n) is 6.89. The van der Waals surface area contributed by atoms with Gasteiger partial charge in [0.1, 0.15) is 5.75 Å². The number of rotatable bonds is 9. The number of hydrogen-bond acceptors (Lipinski definition) is 3. The smallest absolute Gasteiger partial charge is 0.191 e. The van der Waals surface area contributed by atoms with Crippen LogP contribution in [-0.2, 0) is 13.5 Å². The van der Waals surface area contributed by atoms with Gasteiger partial charge in [0.05, 0.1) is 12.3 Å². The molecule has 0 aliphatic carbocycles. The van der Waals surface area contributed by atoms with Crippen LogP contribution in [0.4, 0.5) is 0 Å². The highest BCUT2D eigenvalue weighted by Gasteiger charge is 2.13. The van der Waals surface area contributed by atoms with Crippen LogP contribution in [0.15, 0.2) is 35.3 Å². The zero-order valence-electron chi connectivity index (χ0n) is 17.7. The van der Waals surface area contributed by atoms with Crippen molar-refractivity contribution in [2.75, 3.05) is 20.2 Å². The van der Waals surface area contributed by atoms with E-state index in [0.717, 1.165) is 49.8 Å². The molecule has 7 heteroatoms. The number of nitrogens with zero attached hydrogens (tertiary/aromatic N) is 3. The average Bonchev–Trinajstić information content (AvgIpc) is 2.90. The predicted molar refractivity (Wildman–Crippen MR) is 127 cm³/mol. The number of aryl methyl sites for hydroxylation is 2. The van der Waals surface area contributed by atoms with Gasteiger partial charge in [0.25, 0.3) is 0 Å². The molecule has 0 bridgehead atoms. The summed E-state index contributed by atoms with van der Waals surface area (Å²) in [6.45, 7) is 7.96. The fourth-order valence-corrected chi connectivity index (χ4v) is 3.04. The molecule has 0 saturated heterocycles. The zero-order chi connectivity index (χ0) is 19.6. The number of unbranched alkanes of at least 4 members (excludes halogenated alkanes) is 1. The number of ether oxygens (including phenoxy) is 1. The minimum absolute atomic E-state index is 0. The van der Waals surface area contributed by atoms with Crippen molar-refractivity contribution in [3.63, 3.8) is 0 Å². The summed E-state index contributed by atoms with van der Waals surface area (Å²) in [4.78, 5) is 4.33. The van der Waals surface area contributed by atoms with Gasteiger partial charge < -0.3 is 15.4 Å². The van der Waals surface area contributed by atoms with Crippen LogP contribution in [0.25, 0.3) is 0 Å². The normalized spacial score (nSPS) is 12.2. The Morgan fingerprint density at radius 2 is 1.93 bits per heavy atom. The molecule has 2 N–H and O–H groups in total. The topological polar surface area (TPSA) is 63.5 Å². The SMILES string of the molecule is CN=C(NCCCCOc1ccccc1)NC(C)Cc1c(C)nn(C)c1C.I. The van der Waals surface area contributed by atoms with Crippen molar-refractivity contribution < 1.29 is 4.74 Å². The Morgan fingerprint density at radius 1 is 1.21 bits per heavy atom. The van der Waals surface area contributed by atoms with Gasteiger partial charge in [-0.2, -0.15) is 5.10 Å². The summed E-state index contributed by atoms with van der Waals surface area (Å²) in [5.41, 5.74) is 3.64. The summed E-state index contributed by atoms with van der Waals surface area (Å²) in [5.74, 6) is 1.77. The van der Waals surface area contributed by atoms with Crippen LogP contribution in [0.5, 0.6) is 5.75 Å². The van der Waals surface area contributed by atoms with Gasteiger partial charge in [0.15, 0.2) is 5.96 Å². The Morgan fingerprint density at radius 3 is 2.54 bits per heavy atom. The third-order valence-electron chi connectivity index (χ3n) is 4.65. The molecule has 0 aliphatic rings. The minimum atomic E-state index is 0. The Bertz CT molecular complexity index is 730. The molecule has 156 valence electrons. The Kier molecular flexibility index (Phi) is 11.0. The van der Waals surface area contributed by atoms with Gasteiger partial charge in [-0.1, -0.05) is 18.2 Å². The second kappa shape index (κ2) is 12.6. The molecule has 0 amide bonds. The van der Waals surface area contributed by atoms with Crippen LogP contribution in [0.2, 0.25) is 0 Å². The quantitative estimate of drug-likeness (QED) is 0.240. The lowest BCUT2D eigenvalue weighted by Gasteiger charge is -2.18. The first-order valence-corrected chi connectivity index (χ1v) is 9.65. The molecule has 0 saturated carbocycles. The van der Waals surface area contributed by atoms with Crippen LogP contribution >= 0.6 is 24.0 Å². The number of aliphatic imine (C=N–C) groups is 1. The van der Waals surface area contributed by atoms with Crippen molar-refractivity contribution in [3.05, 3.63) is 47.3 Å². The number of halogens is 1. The van der Waals surface area contributed by atoms with Crippen molar-refractivity contribution in [1.82, 2.24) is 20.4 Å². The molecule has 6 nitrogen and oxygen atoms in total. The van der Waals surface area contributed by atoms with E-state index in [0.29, 0.717) is 0 Å².